The Morgan fingerprint density at radius 3 is 3.05 bits per heavy atom. The van der Waals surface area contributed by atoms with E-state index in [9.17, 15) is 4.79 Å². The van der Waals surface area contributed by atoms with Crippen LogP contribution in [0.15, 0.2) is 22.7 Å². The van der Waals surface area contributed by atoms with Crippen LogP contribution in [0.25, 0.3) is 0 Å². The van der Waals surface area contributed by atoms with Gasteiger partial charge in [-0.3, -0.25) is 4.79 Å². The number of hydrogen-bond acceptors (Lipinski definition) is 3. The molecule has 1 aromatic rings. The van der Waals surface area contributed by atoms with Crippen molar-refractivity contribution in [2.75, 3.05) is 24.6 Å². The molecule has 20 heavy (non-hydrogen) atoms. The number of hydrogen-bond donors (Lipinski definition) is 1. The number of nitrogens with zero attached hydrogens (tertiary/aromatic N) is 1. The zero-order valence-electron chi connectivity index (χ0n) is 11.3. The highest BCUT2D eigenvalue weighted by Crippen LogP contribution is 2.31. The summed E-state index contributed by atoms with van der Waals surface area (Å²) in [5.74, 6) is 0.115. The SMILES string of the molecule is C[C@H]1OCCN[C@@H]1C(=O)N1CCc2ccc(Br)cc21.Cl. The van der Waals surface area contributed by atoms with Crippen molar-refractivity contribution in [3.05, 3.63) is 28.2 Å². The summed E-state index contributed by atoms with van der Waals surface area (Å²) < 4.78 is 6.57. The Kier molecular flexibility index (Phi) is 5.07. The minimum Gasteiger partial charge on any atom is -0.375 e. The zero-order valence-corrected chi connectivity index (χ0v) is 13.7. The van der Waals surface area contributed by atoms with Crippen molar-refractivity contribution in [1.29, 1.82) is 0 Å². The van der Waals surface area contributed by atoms with Crippen LogP contribution >= 0.6 is 28.3 Å². The van der Waals surface area contributed by atoms with Crippen molar-refractivity contribution >= 4 is 39.9 Å². The van der Waals surface area contributed by atoms with Crippen molar-refractivity contribution in [3.8, 4) is 0 Å². The zero-order chi connectivity index (χ0) is 13.4. The van der Waals surface area contributed by atoms with E-state index >= 15 is 0 Å². The molecule has 4 nitrogen and oxygen atoms in total. The molecule has 2 atom stereocenters. The average molecular weight is 362 g/mol. The van der Waals surface area contributed by atoms with Crippen LogP contribution in [0.4, 0.5) is 5.69 Å². The number of carbonyl (C=O) groups is 1. The summed E-state index contributed by atoms with van der Waals surface area (Å²) >= 11 is 3.47. The first-order valence-electron chi connectivity index (χ1n) is 6.61. The van der Waals surface area contributed by atoms with E-state index in [4.69, 9.17) is 4.74 Å². The van der Waals surface area contributed by atoms with Gasteiger partial charge in [-0.25, -0.2) is 0 Å². The lowest BCUT2D eigenvalue weighted by Gasteiger charge is -2.32. The molecule has 2 aliphatic heterocycles. The number of morpholine rings is 1. The Labute approximate surface area is 133 Å². The molecule has 1 fully saturated rings. The van der Waals surface area contributed by atoms with Crippen LogP contribution < -0.4 is 10.2 Å². The van der Waals surface area contributed by atoms with Gasteiger partial charge in [0.1, 0.15) is 6.04 Å². The van der Waals surface area contributed by atoms with E-state index in [0.29, 0.717) is 6.61 Å². The summed E-state index contributed by atoms with van der Waals surface area (Å²) in [6.45, 7) is 4.12. The van der Waals surface area contributed by atoms with E-state index in [-0.39, 0.29) is 30.5 Å². The summed E-state index contributed by atoms with van der Waals surface area (Å²) in [5.41, 5.74) is 2.26. The summed E-state index contributed by atoms with van der Waals surface area (Å²) in [4.78, 5) is 14.5. The molecule has 1 amide bonds. The fraction of sp³-hybridized carbons (Fsp3) is 0.500. The predicted octanol–water partition coefficient (Wildman–Crippen LogP) is 2.14. The van der Waals surface area contributed by atoms with E-state index in [1.54, 1.807) is 0 Å². The second-order valence-electron chi connectivity index (χ2n) is 5.02. The van der Waals surface area contributed by atoms with Gasteiger partial charge in [-0.15, -0.1) is 12.4 Å². The molecule has 6 heteroatoms. The Hall–Kier alpha value is -0.620. The monoisotopic (exact) mass is 360 g/mol. The molecule has 0 aromatic heterocycles. The Morgan fingerprint density at radius 1 is 1.50 bits per heavy atom. The van der Waals surface area contributed by atoms with Gasteiger partial charge >= 0.3 is 0 Å². The van der Waals surface area contributed by atoms with Crippen LogP contribution in [0.2, 0.25) is 0 Å². The number of amides is 1. The van der Waals surface area contributed by atoms with Crippen molar-refractivity contribution < 1.29 is 9.53 Å². The van der Waals surface area contributed by atoms with Crippen LogP contribution in [0, 0.1) is 0 Å². The summed E-state index contributed by atoms with van der Waals surface area (Å²) in [6, 6.07) is 5.89. The van der Waals surface area contributed by atoms with Gasteiger partial charge < -0.3 is 15.0 Å². The Bertz CT molecular complexity index is 512. The number of nitrogens with one attached hydrogen (secondary N) is 1. The quantitative estimate of drug-likeness (QED) is 0.833. The minimum absolute atomic E-state index is 0. The molecule has 0 saturated carbocycles. The highest BCUT2D eigenvalue weighted by atomic mass is 79.9. The van der Waals surface area contributed by atoms with Gasteiger partial charge in [-0.1, -0.05) is 22.0 Å². The molecule has 3 rings (SSSR count). The standard InChI is InChI=1S/C14H17BrN2O2.ClH/c1-9-13(16-5-7-19-9)14(18)17-6-4-10-2-3-11(15)8-12(10)17;/h2-3,8-9,13,16H,4-7H2,1H3;1H/t9-,13+;/m1./s1. The summed E-state index contributed by atoms with van der Waals surface area (Å²) in [6.07, 6.45) is 0.855. The van der Waals surface area contributed by atoms with Crippen LogP contribution in [0.1, 0.15) is 12.5 Å². The lowest BCUT2D eigenvalue weighted by Crippen LogP contribution is -2.56. The molecule has 0 aliphatic carbocycles. The first-order chi connectivity index (χ1) is 9.16. The average Bonchev–Trinajstić information content (AvgIpc) is 2.81. The number of fused-ring (bicyclic) bond motifs is 1. The van der Waals surface area contributed by atoms with E-state index in [0.717, 1.165) is 29.7 Å². The Balaban J connectivity index is 0.00000147. The lowest BCUT2D eigenvalue weighted by molar-refractivity contribution is -0.126. The molecule has 0 spiro atoms. The van der Waals surface area contributed by atoms with Crippen LogP contribution in [0.3, 0.4) is 0 Å². The number of rotatable bonds is 1. The predicted molar refractivity (Wildman–Crippen MR) is 84.7 cm³/mol. The van der Waals surface area contributed by atoms with E-state index < -0.39 is 0 Å². The molecule has 110 valence electrons. The van der Waals surface area contributed by atoms with E-state index in [1.807, 2.05) is 24.0 Å². The van der Waals surface area contributed by atoms with Crippen LogP contribution in [-0.2, 0) is 16.0 Å². The number of carbonyl (C=O) groups excluding carboxylic acids is 1. The molecule has 0 radical (unpaired) electrons. The molecular weight excluding hydrogens is 344 g/mol. The summed E-state index contributed by atoms with van der Waals surface area (Å²) in [7, 11) is 0. The topological polar surface area (TPSA) is 41.6 Å². The number of ether oxygens (including phenoxy) is 1. The van der Waals surface area contributed by atoms with E-state index in [1.165, 1.54) is 5.56 Å². The molecule has 2 heterocycles. The third kappa shape index (κ3) is 2.86. The van der Waals surface area contributed by atoms with Crippen molar-refractivity contribution in [2.45, 2.75) is 25.5 Å². The molecule has 0 bridgehead atoms. The third-order valence-corrected chi connectivity index (χ3v) is 4.28. The highest BCUT2D eigenvalue weighted by Gasteiger charge is 2.35. The molecule has 1 N–H and O–H groups in total. The normalized spacial score (nSPS) is 25.0. The fourth-order valence-electron chi connectivity index (χ4n) is 2.76. The largest absolute Gasteiger partial charge is 0.375 e. The van der Waals surface area contributed by atoms with Gasteiger partial charge in [0.2, 0.25) is 5.91 Å². The molecule has 0 unspecified atom stereocenters. The van der Waals surface area contributed by atoms with Gasteiger partial charge in [0.25, 0.3) is 0 Å². The van der Waals surface area contributed by atoms with Crippen molar-refractivity contribution in [2.24, 2.45) is 0 Å². The third-order valence-electron chi connectivity index (χ3n) is 3.79. The molecule has 2 aliphatic rings. The van der Waals surface area contributed by atoms with Gasteiger partial charge in [0.15, 0.2) is 0 Å². The molecular formula is C14H18BrClN2O2. The van der Waals surface area contributed by atoms with Gasteiger partial charge in [-0.05, 0) is 31.0 Å². The van der Waals surface area contributed by atoms with E-state index in [2.05, 4.69) is 27.3 Å². The second kappa shape index (κ2) is 6.43. The Morgan fingerprint density at radius 2 is 2.30 bits per heavy atom. The summed E-state index contributed by atoms with van der Waals surface area (Å²) in [5, 5.41) is 3.26. The number of anilines is 1. The maximum atomic E-state index is 12.7. The van der Waals surface area contributed by atoms with Crippen molar-refractivity contribution in [3.63, 3.8) is 0 Å². The minimum atomic E-state index is -0.237. The number of benzene rings is 1. The van der Waals surface area contributed by atoms with Crippen LogP contribution in [-0.4, -0.2) is 37.7 Å². The van der Waals surface area contributed by atoms with Gasteiger partial charge in [0, 0.05) is 23.2 Å². The first-order valence-corrected chi connectivity index (χ1v) is 7.41. The smallest absolute Gasteiger partial charge is 0.246 e. The van der Waals surface area contributed by atoms with Gasteiger partial charge in [0.05, 0.1) is 12.7 Å². The highest BCUT2D eigenvalue weighted by molar-refractivity contribution is 9.10. The maximum Gasteiger partial charge on any atom is 0.246 e. The van der Waals surface area contributed by atoms with Crippen molar-refractivity contribution in [1.82, 2.24) is 5.32 Å². The second-order valence-corrected chi connectivity index (χ2v) is 5.94. The first kappa shape index (κ1) is 15.8. The maximum absolute atomic E-state index is 12.7. The van der Waals surface area contributed by atoms with Gasteiger partial charge in [-0.2, -0.15) is 0 Å². The lowest BCUT2D eigenvalue weighted by atomic mass is 10.1. The molecule has 1 aromatic carbocycles. The molecule has 1 saturated heterocycles. The number of halogens is 2. The fourth-order valence-corrected chi connectivity index (χ4v) is 3.11. The van der Waals surface area contributed by atoms with Crippen LogP contribution in [0.5, 0.6) is 0 Å².